The normalized spacial score (nSPS) is 11.2. The van der Waals surface area contributed by atoms with Gasteiger partial charge >= 0.3 is 0 Å². The molecular weight excluding hydrogens is 326 g/mol. The molecule has 0 amide bonds. The molecular formula is C17H14N3OS2+. The zero-order chi connectivity index (χ0) is 15.8. The molecule has 0 radical (unpaired) electrons. The van der Waals surface area contributed by atoms with E-state index in [-0.39, 0.29) is 5.56 Å². The summed E-state index contributed by atoms with van der Waals surface area (Å²) in [6.07, 6.45) is 3.98. The van der Waals surface area contributed by atoms with Crippen LogP contribution in [0.5, 0.6) is 0 Å². The van der Waals surface area contributed by atoms with Crippen molar-refractivity contribution in [1.82, 2.24) is 9.97 Å². The van der Waals surface area contributed by atoms with Crippen LogP contribution in [-0.4, -0.2) is 9.97 Å². The number of thiophene rings is 2. The highest BCUT2D eigenvalue weighted by molar-refractivity contribution is 7.18. The molecule has 0 saturated heterocycles. The third-order valence-electron chi connectivity index (χ3n) is 3.67. The van der Waals surface area contributed by atoms with Crippen LogP contribution in [0.15, 0.2) is 52.2 Å². The lowest BCUT2D eigenvalue weighted by Crippen LogP contribution is -2.35. The number of aromatic amines is 1. The van der Waals surface area contributed by atoms with Gasteiger partial charge in [0, 0.05) is 28.0 Å². The maximum absolute atomic E-state index is 12.5. The summed E-state index contributed by atoms with van der Waals surface area (Å²) in [6, 6.07) is 8.10. The number of pyridine rings is 1. The maximum atomic E-state index is 12.5. The highest BCUT2D eigenvalue weighted by Crippen LogP contribution is 2.33. The van der Waals surface area contributed by atoms with E-state index in [9.17, 15) is 4.79 Å². The quantitative estimate of drug-likeness (QED) is 0.581. The van der Waals surface area contributed by atoms with Crippen LogP contribution in [0.1, 0.15) is 11.4 Å². The van der Waals surface area contributed by atoms with E-state index in [2.05, 4.69) is 9.97 Å². The van der Waals surface area contributed by atoms with E-state index in [1.54, 1.807) is 11.3 Å². The highest BCUT2D eigenvalue weighted by Gasteiger charge is 2.15. The van der Waals surface area contributed by atoms with Crippen LogP contribution in [0, 0.1) is 6.92 Å². The Morgan fingerprint density at radius 3 is 2.78 bits per heavy atom. The lowest BCUT2D eigenvalue weighted by atomic mass is 10.2. The monoisotopic (exact) mass is 340 g/mol. The number of rotatable bonds is 3. The van der Waals surface area contributed by atoms with Gasteiger partial charge < -0.3 is 4.98 Å². The largest absolute Gasteiger partial charge is 0.305 e. The van der Waals surface area contributed by atoms with Gasteiger partial charge in [0.2, 0.25) is 6.54 Å². The first-order chi connectivity index (χ1) is 11.2. The highest BCUT2D eigenvalue weighted by atomic mass is 32.1. The second-order valence-corrected chi connectivity index (χ2v) is 7.17. The summed E-state index contributed by atoms with van der Waals surface area (Å²) < 4.78 is 2.00. The molecule has 0 fully saturated rings. The number of nitrogens with zero attached hydrogens (tertiary/aromatic N) is 2. The Labute approximate surface area is 140 Å². The predicted octanol–water partition coefficient (Wildman–Crippen LogP) is 3.36. The number of aromatic nitrogens is 3. The van der Waals surface area contributed by atoms with Crippen molar-refractivity contribution in [2.24, 2.45) is 0 Å². The Morgan fingerprint density at radius 2 is 2.04 bits per heavy atom. The molecule has 0 aliphatic carbocycles. The standard InChI is InChI=1S/C17H13N3OS2/c1-11-4-6-20(7-5-11)9-14-18-16(21)15-12(10-23-17(15)19-14)13-3-2-8-22-13/h2-8,10H,9H2,1H3/p+1. The summed E-state index contributed by atoms with van der Waals surface area (Å²) in [5.41, 5.74) is 2.11. The summed E-state index contributed by atoms with van der Waals surface area (Å²) in [6.45, 7) is 2.60. The van der Waals surface area contributed by atoms with Gasteiger partial charge in [-0.2, -0.15) is 4.57 Å². The van der Waals surface area contributed by atoms with Gasteiger partial charge in [0.05, 0.1) is 5.39 Å². The summed E-state index contributed by atoms with van der Waals surface area (Å²) in [4.78, 5) is 22.0. The van der Waals surface area contributed by atoms with E-state index in [1.807, 2.05) is 58.9 Å². The van der Waals surface area contributed by atoms with Gasteiger partial charge in [-0.05, 0) is 23.9 Å². The first-order valence-electron chi connectivity index (χ1n) is 7.21. The van der Waals surface area contributed by atoms with Crippen molar-refractivity contribution >= 4 is 32.9 Å². The van der Waals surface area contributed by atoms with E-state index in [1.165, 1.54) is 16.9 Å². The molecule has 114 valence electrons. The van der Waals surface area contributed by atoms with Gasteiger partial charge in [0.25, 0.3) is 5.56 Å². The van der Waals surface area contributed by atoms with Gasteiger partial charge in [-0.25, -0.2) is 4.98 Å². The van der Waals surface area contributed by atoms with Crippen LogP contribution < -0.4 is 10.1 Å². The number of nitrogens with one attached hydrogen (secondary N) is 1. The second kappa shape index (κ2) is 5.72. The Morgan fingerprint density at radius 1 is 1.22 bits per heavy atom. The zero-order valence-corrected chi connectivity index (χ0v) is 14.1. The van der Waals surface area contributed by atoms with Crippen LogP contribution in [0.3, 0.4) is 0 Å². The van der Waals surface area contributed by atoms with Crippen LogP contribution in [0.25, 0.3) is 20.7 Å². The number of H-pyrrole nitrogens is 1. The third kappa shape index (κ3) is 2.71. The second-order valence-electron chi connectivity index (χ2n) is 5.37. The number of hydrogen-bond acceptors (Lipinski definition) is 4. The topological polar surface area (TPSA) is 49.6 Å². The van der Waals surface area contributed by atoms with Crippen molar-refractivity contribution < 1.29 is 4.57 Å². The molecule has 0 bridgehead atoms. The Balaban J connectivity index is 1.76. The smallest absolute Gasteiger partial charge is 0.260 e. The summed E-state index contributed by atoms with van der Waals surface area (Å²) >= 11 is 3.15. The molecule has 0 aliphatic rings. The lowest BCUT2D eigenvalue weighted by molar-refractivity contribution is -0.689. The average Bonchev–Trinajstić information content (AvgIpc) is 3.18. The van der Waals surface area contributed by atoms with Crippen molar-refractivity contribution in [3.8, 4) is 10.4 Å². The minimum atomic E-state index is -0.0673. The number of aryl methyl sites for hydroxylation is 1. The molecule has 0 unspecified atom stereocenters. The third-order valence-corrected chi connectivity index (χ3v) is 5.45. The van der Waals surface area contributed by atoms with Gasteiger partial charge in [-0.1, -0.05) is 6.07 Å². The molecule has 4 aromatic rings. The molecule has 4 aromatic heterocycles. The SMILES string of the molecule is Cc1cc[n+](Cc2nc3scc(-c4cccs4)c3c(=O)[nH]2)cc1. The van der Waals surface area contributed by atoms with E-state index < -0.39 is 0 Å². The van der Waals surface area contributed by atoms with Crippen LogP contribution in [0.4, 0.5) is 0 Å². The minimum Gasteiger partial charge on any atom is -0.305 e. The summed E-state index contributed by atoms with van der Waals surface area (Å²) in [5, 5.41) is 4.72. The molecule has 4 heterocycles. The molecule has 4 nitrogen and oxygen atoms in total. The minimum absolute atomic E-state index is 0.0673. The molecule has 6 heteroatoms. The van der Waals surface area contributed by atoms with E-state index in [0.717, 1.165) is 15.3 Å². The van der Waals surface area contributed by atoms with Crippen molar-refractivity contribution in [3.63, 3.8) is 0 Å². The number of hydrogen-bond donors (Lipinski definition) is 1. The van der Waals surface area contributed by atoms with Crippen molar-refractivity contribution in [1.29, 1.82) is 0 Å². The fourth-order valence-corrected chi connectivity index (χ4v) is 4.27. The Kier molecular flexibility index (Phi) is 3.55. The molecule has 0 spiro atoms. The fourth-order valence-electron chi connectivity index (χ4n) is 2.49. The average molecular weight is 340 g/mol. The first kappa shape index (κ1) is 14.3. The fraction of sp³-hybridized carbons (Fsp3) is 0.118. The van der Waals surface area contributed by atoms with Crippen LogP contribution in [0.2, 0.25) is 0 Å². The zero-order valence-electron chi connectivity index (χ0n) is 12.4. The van der Waals surface area contributed by atoms with Crippen LogP contribution >= 0.6 is 22.7 Å². The van der Waals surface area contributed by atoms with Gasteiger partial charge in [0.15, 0.2) is 18.2 Å². The van der Waals surface area contributed by atoms with E-state index >= 15 is 0 Å². The lowest BCUT2D eigenvalue weighted by Gasteiger charge is -1.99. The van der Waals surface area contributed by atoms with Crippen LogP contribution in [-0.2, 0) is 6.54 Å². The van der Waals surface area contributed by atoms with Gasteiger partial charge in [-0.15, -0.1) is 22.7 Å². The summed E-state index contributed by atoms with van der Waals surface area (Å²) in [5.74, 6) is 0.677. The van der Waals surface area contributed by atoms with Crippen molar-refractivity contribution in [2.75, 3.05) is 0 Å². The van der Waals surface area contributed by atoms with Crippen molar-refractivity contribution in [3.05, 3.63) is 69.2 Å². The molecule has 0 atom stereocenters. The van der Waals surface area contributed by atoms with E-state index in [4.69, 9.17) is 0 Å². The molecule has 0 aliphatic heterocycles. The molecule has 1 N–H and O–H groups in total. The van der Waals surface area contributed by atoms with Gasteiger partial charge in [0.1, 0.15) is 4.83 Å². The van der Waals surface area contributed by atoms with E-state index in [0.29, 0.717) is 17.8 Å². The predicted molar refractivity (Wildman–Crippen MR) is 94.0 cm³/mol. The molecule has 4 rings (SSSR count). The molecule has 0 saturated carbocycles. The summed E-state index contributed by atoms with van der Waals surface area (Å²) in [7, 11) is 0. The molecule has 23 heavy (non-hydrogen) atoms. The first-order valence-corrected chi connectivity index (χ1v) is 8.96. The number of fused-ring (bicyclic) bond motifs is 1. The van der Waals surface area contributed by atoms with Crippen molar-refractivity contribution in [2.45, 2.75) is 13.5 Å². The molecule has 0 aromatic carbocycles. The Bertz CT molecular complexity index is 1010. The van der Waals surface area contributed by atoms with Gasteiger partial charge in [-0.3, -0.25) is 4.79 Å². The maximum Gasteiger partial charge on any atom is 0.260 e. The Hall–Kier alpha value is -2.31.